The van der Waals surface area contributed by atoms with Gasteiger partial charge in [-0.05, 0) is 37.5 Å². The molecule has 0 bridgehead atoms. The number of nitrogens with zero attached hydrogens (tertiary/aromatic N) is 1. The number of aryl methyl sites for hydroxylation is 1. The van der Waals surface area contributed by atoms with Crippen LogP contribution in [-0.2, 0) is 16.0 Å². The fourth-order valence-electron chi connectivity index (χ4n) is 3.22. The molecular weight excluding hydrogens is 378 g/mol. The van der Waals surface area contributed by atoms with Crippen LogP contribution >= 0.6 is 0 Å². The zero-order valence-electron chi connectivity index (χ0n) is 16.9. The van der Waals surface area contributed by atoms with E-state index in [1.807, 2.05) is 61.5 Å². The van der Waals surface area contributed by atoms with E-state index in [1.54, 1.807) is 6.20 Å². The van der Waals surface area contributed by atoms with Crippen molar-refractivity contribution < 1.29 is 14.0 Å². The highest BCUT2D eigenvalue weighted by Gasteiger charge is 2.29. The van der Waals surface area contributed by atoms with Gasteiger partial charge in [-0.1, -0.05) is 42.5 Å². The lowest BCUT2D eigenvalue weighted by Gasteiger charge is -2.15. The molecule has 1 fully saturated rings. The van der Waals surface area contributed by atoms with E-state index in [1.165, 1.54) is 0 Å². The number of oxazole rings is 1. The molecule has 154 valence electrons. The molecule has 1 saturated carbocycles. The van der Waals surface area contributed by atoms with Crippen LogP contribution in [0.2, 0.25) is 0 Å². The van der Waals surface area contributed by atoms with Gasteiger partial charge in [-0.25, -0.2) is 4.98 Å². The van der Waals surface area contributed by atoms with Gasteiger partial charge >= 0.3 is 0 Å². The van der Waals surface area contributed by atoms with Gasteiger partial charge in [0, 0.05) is 30.0 Å². The Bertz CT molecular complexity index is 1010. The van der Waals surface area contributed by atoms with Crippen LogP contribution in [0.25, 0.3) is 11.3 Å². The standard InChI is InChI=1S/C24H25N3O3/c1-16(17-9-11-20(12-10-17)27-24(29)19-7-8-19)26-22(28)13-14-23-25-15-21(30-23)18-5-3-2-4-6-18/h2-6,9-12,15-16,19H,7-8,13-14H2,1H3,(H,26,28)(H,27,29)/t16-/m0/s1. The Balaban J connectivity index is 1.25. The summed E-state index contributed by atoms with van der Waals surface area (Å²) in [4.78, 5) is 28.4. The molecule has 2 N–H and O–H groups in total. The highest BCUT2D eigenvalue weighted by Crippen LogP contribution is 2.30. The second kappa shape index (κ2) is 8.95. The Hall–Kier alpha value is -3.41. The first kappa shape index (κ1) is 19.9. The van der Waals surface area contributed by atoms with Crippen molar-refractivity contribution in [2.75, 3.05) is 5.32 Å². The SMILES string of the molecule is C[C@H](NC(=O)CCc1ncc(-c2ccccc2)o1)c1ccc(NC(=O)C2CC2)cc1. The van der Waals surface area contributed by atoms with Gasteiger partial charge < -0.3 is 15.1 Å². The number of amides is 2. The molecule has 2 aromatic carbocycles. The largest absolute Gasteiger partial charge is 0.441 e. The lowest BCUT2D eigenvalue weighted by molar-refractivity contribution is -0.121. The Labute approximate surface area is 175 Å². The maximum absolute atomic E-state index is 12.3. The van der Waals surface area contributed by atoms with Crippen molar-refractivity contribution in [3.05, 3.63) is 72.2 Å². The summed E-state index contributed by atoms with van der Waals surface area (Å²) in [5.74, 6) is 1.45. The molecule has 1 aromatic heterocycles. The van der Waals surface area contributed by atoms with E-state index in [-0.39, 0.29) is 23.8 Å². The molecule has 0 radical (unpaired) electrons. The average molecular weight is 403 g/mol. The van der Waals surface area contributed by atoms with Crippen molar-refractivity contribution in [1.29, 1.82) is 0 Å². The van der Waals surface area contributed by atoms with Gasteiger partial charge in [-0.15, -0.1) is 0 Å². The third kappa shape index (κ3) is 5.14. The fourth-order valence-corrected chi connectivity index (χ4v) is 3.22. The van der Waals surface area contributed by atoms with Gasteiger partial charge in [-0.3, -0.25) is 9.59 Å². The molecule has 0 saturated heterocycles. The molecule has 0 unspecified atom stereocenters. The number of hydrogen-bond donors (Lipinski definition) is 2. The van der Waals surface area contributed by atoms with E-state index in [4.69, 9.17) is 4.42 Å². The molecule has 1 aliphatic rings. The van der Waals surface area contributed by atoms with Crippen LogP contribution in [0.15, 0.2) is 65.2 Å². The first-order valence-corrected chi connectivity index (χ1v) is 10.3. The highest BCUT2D eigenvalue weighted by molar-refractivity contribution is 5.94. The molecule has 30 heavy (non-hydrogen) atoms. The van der Waals surface area contributed by atoms with Crippen LogP contribution < -0.4 is 10.6 Å². The summed E-state index contributed by atoms with van der Waals surface area (Å²) >= 11 is 0. The number of carbonyl (C=O) groups is 2. The third-order valence-electron chi connectivity index (χ3n) is 5.18. The van der Waals surface area contributed by atoms with Gasteiger partial charge in [0.15, 0.2) is 11.7 Å². The molecule has 1 atom stereocenters. The van der Waals surface area contributed by atoms with Crippen LogP contribution in [-0.4, -0.2) is 16.8 Å². The molecule has 1 heterocycles. The maximum atomic E-state index is 12.3. The molecule has 0 spiro atoms. The average Bonchev–Trinajstić information content (AvgIpc) is 3.51. The third-order valence-corrected chi connectivity index (χ3v) is 5.18. The monoisotopic (exact) mass is 403 g/mol. The lowest BCUT2D eigenvalue weighted by atomic mass is 10.1. The van der Waals surface area contributed by atoms with Crippen molar-refractivity contribution in [2.45, 2.75) is 38.6 Å². The van der Waals surface area contributed by atoms with Crippen LogP contribution in [0.5, 0.6) is 0 Å². The molecular formula is C24H25N3O3. The quantitative estimate of drug-likeness (QED) is 0.580. The minimum absolute atomic E-state index is 0.0620. The first-order chi connectivity index (χ1) is 14.6. The summed E-state index contributed by atoms with van der Waals surface area (Å²) in [7, 11) is 0. The predicted octanol–water partition coefficient (Wildman–Crippen LogP) is 4.50. The van der Waals surface area contributed by atoms with Crippen LogP contribution in [0.4, 0.5) is 5.69 Å². The molecule has 3 aromatic rings. The van der Waals surface area contributed by atoms with Crippen LogP contribution in [0.1, 0.15) is 43.7 Å². The number of rotatable bonds is 8. The molecule has 2 amide bonds. The molecule has 6 nitrogen and oxygen atoms in total. The zero-order chi connectivity index (χ0) is 20.9. The molecule has 1 aliphatic carbocycles. The maximum Gasteiger partial charge on any atom is 0.227 e. The minimum Gasteiger partial charge on any atom is -0.441 e. The van der Waals surface area contributed by atoms with E-state index >= 15 is 0 Å². The lowest BCUT2D eigenvalue weighted by Crippen LogP contribution is -2.26. The first-order valence-electron chi connectivity index (χ1n) is 10.3. The smallest absolute Gasteiger partial charge is 0.227 e. The van der Waals surface area contributed by atoms with Crippen LogP contribution in [0.3, 0.4) is 0 Å². The number of carbonyl (C=O) groups excluding carboxylic acids is 2. The predicted molar refractivity (Wildman–Crippen MR) is 115 cm³/mol. The summed E-state index contributed by atoms with van der Waals surface area (Å²) in [6, 6.07) is 17.2. The van der Waals surface area contributed by atoms with Crippen molar-refractivity contribution in [3.8, 4) is 11.3 Å². The minimum atomic E-state index is -0.130. The fraction of sp³-hybridized carbons (Fsp3) is 0.292. The number of aromatic nitrogens is 1. The molecule has 6 heteroatoms. The van der Waals surface area contributed by atoms with Crippen LogP contribution in [0, 0.1) is 5.92 Å². The Kier molecular flexibility index (Phi) is 5.93. The van der Waals surface area contributed by atoms with Crippen molar-refractivity contribution >= 4 is 17.5 Å². The van der Waals surface area contributed by atoms with E-state index in [0.29, 0.717) is 24.5 Å². The zero-order valence-corrected chi connectivity index (χ0v) is 16.9. The Morgan fingerprint density at radius 2 is 1.83 bits per heavy atom. The summed E-state index contributed by atoms with van der Waals surface area (Å²) in [6.45, 7) is 1.94. The Morgan fingerprint density at radius 3 is 2.53 bits per heavy atom. The topological polar surface area (TPSA) is 84.2 Å². The molecule has 0 aliphatic heterocycles. The van der Waals surface area contributed by atoms with Gasteiger partial charge in [0.25, 0.3) is 0 Å². The van der Waals surface area contributed by atoms with Crippen molar-refractivity contribution in [1.82, 2.24) is 10.3 Å². The van der Waals surface area contributed by atoms with E-state index in [9.17, 15) is 9.59 Å². The number of anilines is 1. The van der Waals surface area contributed by atoms with Gasteiger partial charge in [0.05, 0.1) is 12.2 Å². The van der Waals surface area contributed by atoms with Crippen molar-refractivity contribution in [2.24, 2.45) is 5.92 Å². The Morgan fingerprint density at radius 1 is 1.10 bits per heavy atom. The summed E-state index contributed by atoms with van der Waals surface area (Å²) < 4.78 is 5.75. The normalized spacial score (nSPS) is 14.2. The number of benzene rings is 2. The summed E-state index contributed by atoms with van der Waals surface area (Å²) in [5.41, 5.74) is 2.73. The van der Waals surface area contributed by atoms with Gasteiger partial charge in [-0.2, -0.15) is 0 Å². The summed E-state index contributed by atoms with van der Waals surface area (Å²) in [6.07, 6.45) is 4.39. The summed E-state index contributed by atoms with van der Waals surface area (Å²) in [5, 5.41) is 5.92. The van der Waals surface area contributed by atoms with Gasteiger partial charge in [0.2, 0.25) is 11.8 Å². The molecule has 4 rings (SSSR count). The van der Waals surface area contributed by atoms with Crippen molar-refractivity contribution in [3.63, 3.8) is 0 Å². The van der Waals surface area contributed by atoms with Gasteiger partial charge in [0.1, 0.15) is 0 Å². The van der Waals surface area contributed by atoms with E-state index in [0.717, 1.165) is 29.7 Å². The second-order valence-corrected chi connectivity index (χ2v) is 7.66. The number of nitrogens with one attached hydrogen (secondary N) is 2. The second-order valence-electron chi connectivity index (χ2n) is 7.66. The van der Waals surface area contributed by atoms with E-state index < -0.39 is 0 Å². The highest BCUT2D eigenvalue weighted by atomic mass is 16.4. The number of hydrogen-bond acceptors (Lipinski definition) is 4. The van der Waals surface area contributed by atoms with E-state index in [2.05, 4.69) is 15.6 Å².